The maximum Gasteiger partial charge on any atom is 0.119 e. The smallest absolute Gasteiger partial charge is 0.119 e. The molecule has 2 rings (SSSR count). The summed E-state index contributed by atoms with van der Waals surface area (Å²) in [5.41, 5.74) is 2.38. The van der Waals surface area contributed by atoms with Gasteiger partial charge in [-0.15, -0.1) is 6.42 Å². The van der Waals surface area contributed by atoms with E-state index in [0.29, 0.717) is 12.4 Å². The number of benzene rings is 2. The number of hydrogen-bond acceptors (Lipinski definition) is 4. The van der Waals surface area contributed by atoms with Crippen LogP contribution >= 0.6 is 0 Å². The molecule has 2 aromatic carbocycles. The Morgan fingerprint density at radius 2 is 1.38 bits per heavy atom. The van der Waals surface area contributed by atoms with E-state index in [1.807, 2.05) is 36.4 Å². The first kappa shape index (κ1) is 20.7. The van der Waals surface area contributed by atoms with Gasteiger partial charge in [-0.25, -0.2) is 0 Å². The molecule has 1 atom stereocenters. The van der Waals surface area contributed by atoms with Crippen molar-refractivity contribution in [1.29, 1.82) is 0 Å². The summed E-state index contributed by atoms with van der Waals surface area (Å²) in [4.78, 5) is 0. The summed E-state index contributed by atoms with van der Waals surface area (Å²) in [6, 6.07) is 15.8. The molecule has 0 aromatic heterocycles. The van der Waals surface area contributed by atoms with Gasteiger partial charge < -0.3 is 26.6 Å². The summed E-state index contributed by atoms with van der Waals surface area (Å²) in [5.74, 6) is 1.54. The topological polar surface area (TPSA) is 58.9 Å². The van der Waals surface area contributed by atoms with E-state index in [2.05, 4.69) is 19.1 Å². The van der Waals surface area contributed by atoms with Crippen molar-refractivity contribution in [1.82, 2.24) is 0 Å². The third-order valence-corrected chi connectivity index (χ3v) is 3.32. The van der Waals surface area contributed by atoms with Crippen LogP contribution in [-0.4, -0.2) is 36.1 Å². The second-order valence-electron chi connectivity index (χ2n) is 5.31. The minimum atomic E-state index is -0.848. The summed E-state index contributed by atoms with van der Waals surface area (Å²) in [6.07, 6.45) is 0.736. The van der Waals surface area contributed by atoms with Crippen LogP contribution < -0.4 is 9.47 Å². The Hall–Kier alpha value is -1.35. The molecule has 0 bridgehead atoms. The zero-order valence-corrected chi connectivity index (χ0v) is 16.5. The molecule has 0 aliphatic rings. The SMILES string of the molecule is [CH2-]CCOc1ccc(Cc2ccc(OCC(O)CO)cc2)cc1.[W]. The number of aliphatic hydroxyl groups excluding tert-OH is 2. The van der Waals surface area contributed by atoms with Crippen LogP contribution in [0.1, 0.15) is 17.5 Å². The molecule has 2 N–H and O–H groups in total. The van der Waals surface area contributed by atoms with Crippen LogP contribution in [-0.2, 0) is 27.5 Å². The molecule has 0 saturated carbocycles. The Balaban J connectivity index is 0.00000288. The maximum absolute atomic E-state index is 9.26. The van der Waals surface area contributed by atoms with Crippen molar-refractivity contribution in [2.75, 3.05) is 19.8 Å². The molecule has 0 saturated heterocycles. The van der Waals surface area contributed by atoms with E-state index in [-0.39, 0.29) is 34.3 Å². The molecule has 0 radical (unpaired) electrons. The summed E-state index contributed by atoms with van der Waals surface area (Å²) in [5, 5.41) is 18.0. The summed E-state index contributed by atoms with van der Waals surface area (Å²) >= 11 is 0. The van der Waals surface area contributed by atoms with Gasteiger partial charge in [-0.1, -0.05) is 24.3 Å². The van der Waals surface area contributed by atoms with Crippen molar-refractivity contribution in [2.24, 2.45) is 0 Å². The molecule has 0 aliphatic carbocycles. The van der Waals surface area contributed by atoms with E-state index in [1.54, 1.807) is 0 Å². The fourth-order valence-electron chi connectivity index (χ4n) is 2.08. The van der Waals surface area contributed by atoms with E-state index in [9.17, 15) is 5.11 Å². The van der Waals surface area contributed by atoms with Gasteiger partial charge in [0.15, 0.2) is 0 Å². The third kappa shape index (κ3) is 7.04. The Kier molecular flexibility index (Phi) is 9.70. The van der Waals surface area contributed by atoms with Crippen molar-refractivity contribution < 1.29 is 40.8 Å². The van der Waals surface area contributed by atoms with Gasteiger partial charge in [-0.05, 0) is 41.8 Å². The minimum Gasteiger partial charge on any atom is -0.496 e. The van der Waals surface area contributed by atoms with Crippen molar-refractivity contribution in [3.8, 4) is 11.5 Å². The molecule has 2 aromatic rings. The molecule has 0 heterocycles. The Morgan fingerprint density at radius 1 is 0.875 bits per heavy atom. The molecule has 5 heteroatoms. The van der Waals surface area contributed by atoms with Crippen LogP contribution in [0, 0.1) is 6.92 Å². The monoisotopic (exact) mass is 499 g/mol. The normalized spacial score (nSPS) is 11.5. The van der Waals surface area contributed by atoms with Gasteiger partial charge in [-0.2, -0.15) is 0 Å². The fraction of sp³-hybridized carbons (Fsp3) is 0.316. The van der Waals surface area contributed by atoms with Crippen LogP contribution in [0.5, 0.6) is 11.5 Å². The van der Waals surface area contributed by atoms with Crippen molar-refractivity contribution >= 4 is 0 Å². The largest absolute Gasteiger partial charge is 0.496 e. The number of ether oxygens (including phenoxy) is 2. The minimum absolute atomic E-state index is 0. The zero-order valence-electron chi connectivity index (χ0n) is 13.6. The molecular weight excluding hydrogens is 476 g/mol. The van der Waals surface area contributed by atoms with Crippen molar-refractivity contribution in [3.05, 3.63) is 66.6 Å². The van der Waals surface area contributed by atoms with E-state index in [4.69, 9.17) is 14.6 Å². The first-order chi connectivity index (χ1) is 11.2. The van der Waals surface area contributed by atoms with E-state index in [1.165, 1.54) is 11.1 Å². The van der Waals surface area contributed by atoms with Crippen LogP contribution in [0.4, 0.5) is 0 Å². The number of hydrogen-bond donors (Lipinski definition) is 2. The maximum atomic E-state index is 9.26. The van der Waals surface area contributed by atoms with Gasteiger partial charge in [0, 0.05) is 21.1 Å². The van der Waals surface area contributed by atoms with Crippen LogP contribution in [0.15, 0.2) is 48.5 Å². The van der Waals surface area contributed by atoms with Crippen molar-refractivity contribution in [2.45, 2.75) is 18.9 Å². The Labute approximate surface area is 157 Å². The third-order valence-electron chi connectivity index (χ3n) is 3.32. The molecule has 130 valence electrons. The number of rotatable bonds is 9. The summed E-state index contributed by atoms with van der Waals surface area (Å²) < 4.78 is 10.9. The summed E-state index contributed by atoms with van der Waals surface area (Å²) in [6.45, 7) is 4.17. The second-order valence-corrected chi connectivity index (χ2v) is 5.31. The van der Waals surface area contributed by atoms with E-state index in [0.717, 1.165) is 18.6 Å². The molecule has 1 unspecified atom stereocenters. The fourth-order valence-corrected chi connectivity index (χ4v) is 2.08. The van der Waals surface area contributed by atoms with Gasteiger partial charge in [0.25, 0.3) is 0 Å². The van der Waals surface area contributed by atoms with Gasteiger partial charge >= 0.3 is 0 Å². The van der Waals surface area contributed by atoms with Gasteiger partial charge in [0.05, 0.1) is 13.2 Å². The predicted molar refractivity (Wildman–Crippen MR) is 89.7 cm³/mol. The first-order valence-corrected chi connectivity index (χ1v) is 7.73. The number of aliphatic hydroxyl groups is 2. The quantitative estimate of drug-likeness (QED) is 0.522. The van der Waals surface area contributed by atoms with Crippen LogP contribution in [0.25, 0.3) is 0 Å². The molecule has 4 nitrogen and oxygen atoms in total. The average molecular weight is 499 g/mol. The van der Waals surface area contributed by atoms with Crippen LogP contribution in [0.2, 0.25) is 0 Å². The summed E-state index contributed by atoms with van der Waals surface area (Å²) in [7, 11) is 0. The molecule has 0 amide bonds. The second kappa shape index (κ2) is 11.2. The van der Waals surface area contributed by atoms with E-state index >= 15 is 0 Å². The molecular formula is C19H23O4W-. The predicted octanol–water partition coefficient (Wildman–Crippen LogP) is 2.61. The Bertz CT molecular complexity index is 569. The first-order valence-electron chi connectivity index (χ1n) is 7.73. The standard InChI is InChI=1S/C19H23O4.W/c1-2-11-22-18-7-3-15(4-8-18)12-16-5-9-19(10-6-16)23-14-17(21)13-20;/h3-10,17,20-21H,1-2,11-14H2;/q-1;. The molecule has 0 spiro atoms. The zero-order chi connectivity index (χ0) is 16.5. The average Bonchev–Trinajstić information content (AvgIpc) is 2.60. The van der Waals surface area contributed by atoms with Crippen molar-refractivity contribution in [3.63, 3.8) is 0 Å². The molecule has 24 heavy (non-hydrogen) atoms. The van der Waals surface area contributed by atoms with Gasteiger partial charge in [0.2, 0.25) is 0 Å². The van der Waals surface area contributed by atoms with Gasteiger partial charge in [0.1, 0.15) is 24.2 Å². The van der Waals surface area contributed by atoms with E-state index < -0.39 is 6.10 Å². The Morgan fingerprint density at radius 3 is 1.83 bits per heavy atom. The van der Waals surface area contributed by atoms with Gasteiger partial charge in [-0.3, -0.25) is 0 Å². The molecule has 0 fully saturated rings. The van der Waals surface area contributed by atoms with Crippen LogP contribution in [0.3, 0.4) is 0 Å². The molecule has 0 aliphatic heterocycles.